The first-order valence-electron chi connectivity index (χ1n) is 13.6. The van der Waals surface area contributed by atoms with E-state index in [2.05, 4.69) is 102 Å². The Balaban J connectivity index is 0.000000173. The third-order valence-electron chi connectivity index (χ3n) is 7.70. The molecular formula is C28H49N4O4P. The number of hydrogen-bond donors (Lipinski definition) is 0. The lowest BCUT2D eigenvalue weighted by Crippen LogP contribution is -2.39. The third kappa shape index (κ3) is 5.84. The largest absolute Gasteiger partial charge is 0.473 e. The number of rotatable bonds is 1. The van der Waals surface area contributed by atoms with Gasteiger partial charge in [-0.15, -0.1) is 0 Å². The van der Waals surface area contributed by atoms with E-state index in [1.165, 1.54) is 0 Å². The van der Waals surface area contributed by atoms with E-state index in [-0.39, 0.29) is 33.7 Å². The molecule has 5 heterocycles. The van der Waals surface area contributed by atoms with Crippen LogP contribution in [0.3, 0.4) is 0 Å². The molecule has 0 aromatic heterocycles. The highest BCUT2D eigenvalue weighted by molar-refractivity contribution is 7.33. The zero-order valence-electron chi connectivity index (χ0n) is 25.1. The monoisotopic (exact) mass is 536 g/mol. The molecule has 2 saturated heterocycles. The standard InChI is InChI=1S/C14H25N2O2P.C14H24N2O2/c1-13(2,3)9-7-17-11-12-16(19-15(9)11)10(8-18-12)14(4,5)6;1-13(2,3)9-7-17-11(15-9)12-16-10(8-18-12)14(4,5)6/h9-10,19H,7-8H2,1-6H3;9-10H,7-8H2,1-6H3/t2*9-,10-/m11/s1. The van der Waals surface area contributed by atoms with Crippen LogP contribution in [0.4, 0.5) is 0 Å². The first kappa shape index (κ1) is 28.3. The van der Waals surface area contributed by atoms with Crippen LogP contribution >= 0.6 is 8.88 Å². The Bertz CT molecular complexity index is 889. The Hall–Kier alpha value is -1.69. The van der Waals surface area contributed by atoms with Gasteiger partial charge in [-0.2, -0.15) is 0 Å². The molecule has 5 rings (SSSR count). The van der Waals surface area contributed by atoms with Gasteiger partial charge in [0.2, 0.25) is 0 Å². The van der Waals surface area contributed by atoms with Gasteiger partial charge in [0.1, 0.15) is 26.4 Å². The Kier molecular flexibility index (Phi) is 7.27. The average molecular weight is 537 g/mol. The maximum atomic E-state index is 5.94. The molecule has 8 nitrogen and oxygen atoms in total. The van der Waals surface area contributed by atoms with Gasteiger partial charge in [0.25, 0.3) is 23.6 Å². The second-order valence-electron chi connectivity index (χ2n) is 15.1. The molecule has 0 unspecified atom stereocenters. The van der Waals surface area contributed by atoms with Crippen molar-refractivity contribution in [3.63, 3.8) is 0 Å². The van der Waals surface area contributed by atoms with Gasteiger partial charge in [-0.25, -0.2) is 9.98 Å². The minimum Gasteiger partial charge on any atom is -0.473 e. The van der Waals surface area contributed by atoms with Gasteiger partial charge >= 0.3 is 0 Å². The predicted molar refractivity (Wildman–Crippen MR) is 151 cm³/mol. The molecule has 0 bridgehead atoms. The molecule has 0 radical (unpaired) electrons. The van der Waals surface area contributed by atoms with Crippen LogP contribution in [0, 0.1) is 21.7 Å². The van der Waals surface area contributed by atoms with Crippen molar-refractivity contribution in [2.75, 3.05) is 26.4 Å². The van der Waals surface area contributed by atoms with Gasteiger partial charge in [0.15, 0.2) is 0 Å². The minimum absolute atomic E-state index is 0.115. The molecular weight excluding hydrogens is 487 g/mol. The van der Waals surface area contributed by atoms with Crippen LogP contribution in [0.25, 0.3) is 0 Å². The Morgan fingerprint density at radius 1 is 0.541 bits per heavy atom. The summed E-state index contributed by atoms with van der Waals surface area (Å²) < 4.78 is 28.0. The van der Waals surface area contributed by atoms with Crippen molar-refractivity contribution in [3.8, 4) is 0 Å². The topological polar surface area (TPSA) is 68.1 Å². The van der Waals surface area contributed by atoms with Gasteiger partial charge in [0.05, 0.1) is 33.0 Å². The van der Waals surface area contributed by atoms with E-state index >= 15 is 0 Å². The molecule has 0 spiro atoms. The summed E-state index contributed by atoms with van der Waals surface area (Å²) in [6.45, 7) is 29.5. The van der Waals surface area contributed by atoms with Crippen LogP contribution in [-0.2, 0) is 18.9 Å². The summed E-state index contributed by atoms with van der Waals surface area (Å²) >= 11 is 0. The summed E-state index contributed by atoms with van der Waals surface area (Å²) in [6, 6.07) is 1.27. The average Bonchev–Trinajstić information content (AvgIpc) is 3.49. The lowest BCUT2D eigenvalue weighted by atomic mass is 9.88. The summed E-state index contributed by atoms with van der Waals surface area (Å²) in [6.07, 6.45) is 0. The molecule has 0 aromatic carbocycles. The lowest BCUT2D eigenvalue weighted by Gasteiger charge is -2.36. The van der Waals surface area contributed by atoms with E-state index in [1.807, 2.05) is 0 Å². The van der Waals surface area contributed by atoms with Gasteiger partial charge < -0.3 is 18.9 Å². The summed E-state index contributed by atoms with van der Waals surface area (Å²) in [5.41, 5.74) is 0.688. The molecule has 210 valence electrons. The lowest BCUT2D eigenvalue weighted by molar-refractivity contribution is 0.179. The first-order chi connectivity index (χ1) is 16.9. The predicted octanol–water partition coefficient (Wildman–Crippen LogP) is 5.80. The van der Waals surface area contributed by atoms with Crippen LogP contribution in [0.5, 0.6) is 0 Å². The van der Waals surface area contributed by atoms with Crippen molar-refractivity contribution in [1.82, 2.24) is 9.34 Å². The number of aliphatic imine (C=N–C) groups is 2. The quantitative estimate of drug-likeness (QED) is 0.395. The zero-order valence-corrected chi connectivity index (χ0v) is 26.1. The highest BCUT2D eigenvalue weighted by Gasteiger charge is 2.52. The van der Waals surface area contributed by atoms with Crippen LogP contribution in [-0.4, -0.2) is 71.7 Å². The van der Waals surface area contributed by atoms with Crippen molar-refractivity contribution < 1.29 is 18.9 Å². The van der Waals surface area contributed by atoms with Gasteiger partial charge in [0, 0.05) is 0 Å². The molecule has 0 amide bonds. The summed E-state index contributed by atoms with van der Waals surface area (Å²) in [5.74, 6) is 3.12. The molecule has 9 heteroatoms. The highest BCUT2D eigenvalue weighted by atomic mass is 31.1. The van der Waals surface area contributed by atoms with Crippen molar-refractivity contribution in [2.24, 2.45) is 31.6 Å². The third-order valence-corrected chi connectivity index (χ3v) is 9.16. The second kappa shape index (κ2) is 9.50. The molecule has 0 aromatic rings. The number of hydrogen-bond acceptors (Lipinski definition) is 8. The molecule has 4 atom stereocenters. The van der Waals surface area contributed by atoms with Crippen LogP contribution in [0.1, 0.15) is 83.1 Å². The smallest absolute Gasteiger partial charge is 0.273 e. The van der Waals surface area contributed by atoms with Gasteiger partial charge in [-0.3, -0.25) is 9.34 Å². The number of nitrogens with zero attached hydrogens (tertiary/aromatic N) is 4. The Morgan fingerprint density at radius 3 is 1.16 bits per heavy atom. The fraction of sp³-hybridized carbons (Fsp3) is 0.857. The van der Waals surface area contributed by atoms with Gasteiger partial charge in [-0.05, 0) is 21.7 Å². The summed E-state index contributed by atoms with van der Waals surface area (Å²) in [5, 5.41) is 0. The van der Waals surface area contributed by atoms with E-state index in [0.717, 1.165) is 25.0 Å². The Labute approximate surface area is 226 Å². The first-order valence-corrected chi connectivity index (χ1v) is 14.5. The summed E-state index contributed by atoms with van der Waals surface area (Å²) in [7, 11) is 0.627. The van der Waals surface area contributed by atoms with E-state index < -0.39 is 0 Å². The van der Waals surface area contributed by atoms with E-state index in [9.17, 15) is 0 Å². The van der Waals surface area contributed by atoms with Crippen LogP contribution in [0.15, 0.2) is 21.8 Å². The zero-order chi connectivity index (χ0) is 27.6. The van der Waals surface area contributed by atoms with Gasteiger partial charge in [-0.1, -0.05) is 83.1 Å². The molecule has 2 fully saturated rings. The highest BCUT2D eigenvalue weighted by Crippen LogP contribution is 2.55. The molecule has 0 N–H and O–H groups in total. The van der Waals surface area contributed by atoms with Crippen molar-refractivity contribution >= 4 is 20.7 Å². The van der Waals surface area contributed by atoms with Crippen molar-refractivity contribution in [1.29, 1.82) is 0 Å². The SMILES string of the molecule is CC(C)(C)[C@H]1COC(C2=N[C@@H](C(C)(C)C)CO2)=N1.CC(C)(C)[C@H]1COC2=C3OC[C@H](C(C)(C)C)N3PN21. The van der Waals surface area contributed by atoms with E-state index in [4.69, 9.17) is 18.9 Å². The normalized spacial score (nSPS) is 29.5. The number of fused-ring (bicyclic) bond motifs is 2. The minimum atomic E-state index is 0.115. The molecule has 5 aliphatic rings. The molecule has 37 heavy (non-hydrogen) atoms. The molecule has 5 aliphatic heterocycles. The fourth-order valence-electron chi connectivity index (χ4n) is 4.71. The van der Waals surface area contributed by atoms with Crippen molar-refractivity contribution in [2.45, 2.75) is 107 Å². The van der Waals surface area contributed by atoms with Crippen molar-refractivity contribution in [3.05, 3.63) is 11.8 Å². The van der Waals surface area contributed by atoms with Crippen LogP contribution < -0.4 is 0 Å². The molecule has 0 saturated carbocycles. The van der Waals surface area contributed by atoms with E-state index in [0.29, 0.717) is 46.0 Å². The maximum absolute atomic E-state index is 5.94. The molecule has 0 aliphatic carbocycles. The second-order valence-corrected chi connectivity index (χ2v) is 16.3. The maximum Gasteiger partial charge on any atom is 0.273 e. The summed E-state index contributed by atoms with van der Waals surface area (Å²) in [4.78, 5) is 9.19. The number of ether oxygens (including phenoxy) is 4. The fourth-order valence-corrected chi connectivity index (χ4v) is 6.64. The van der Waals surface area contributed by atoms with E-state index in [1.54, 1.807) is 0 Å². The van der Waals surface area contributed by atoms with Crippen LogP contribution in [0.2, 0.25) is 0 Å². The Morgan fingerprint density at radius 2 is 0.892 bits per heavy atom.